The van der Waals surface area contributed by atoms with E-state index in [2.05, 4.69) is 15.3 Å². The van der Waals surface area contributed by atoms with Crippen LogP contribution in [0.4, 0.5) is 0 Å². The van der Waals surface area contributed by atoms with E-state index in [-0.39, 0.29) is 0 Å². The van der Waals surface area contributed by atoms with Gasteiger partial charge in [0.2, 0.25) is 0 Å². The maximum Gasteiger partial charge on any atom is 0.182 e. The zero-order valence-corrected chi connectivity index (χ0v) is 8.30. The van der Waals surface area contributed by atoms with E-state index in [1.54, 1.807) is 17.5 Å². The number of rotatable bonds is 1. The van der Waals surface area contributed by atoms with Gasteiger partial charge in [0, 0.05) is 24.4 Å². The van der Waals surface area contributed by atoms with Crippen molar-refractivity contribution < 1.29 is 4.42 Å². The molecule has 14 heavy (non-hydrogen) atoms. The predicted octanol–water partition coefficient (Wildman–Crippen LogP) is 1.44. The van der Waals surface area contributed by atoms with Crippen LogP contribution >= 0.6 is 11.3 Å². The van der Waals surface area contributed by atoms with Crippen LogP contribution in [0.5, 0.6) is 0 Å². The van der Waals surface area contributed by atoms with Crippen molar-refractivity contribution in [2.24, 2.45) is 0 Å². The number of aromatic nitrogens is 2. The fourth-order valence-corrected chi connectivity index (χ4v) is 2.58. The monoisotopic (exact) mass is 207 g/mol. The van der Waals surface area contributed by atoms with Gasteiger partial charge in [0.05, 0.1) is 11.9 Å². The molecule has 0 aromatic carbocycles. The molecule has 0 fully saturated rings. The van der Waals surface area contributed by atoms with Crippen molar-refractivity contribution in [3.8, 4) is 10.8 Å². The van der Waals surface area contributed by atoms with E-state index in [1.807, 2.05) is 0 Å². The van der Waals surface area contributed by atoms with Crippen molar-refractivity contribution in [2.45, 2.75) is 13.0 Å². The summed E-state index contributed by atoms with van der Waals surface area (Å²) in [5, 5.41) is 4.26. The molecule has 0 saturated heterocycles. The normalized spacial score (nSPS) is 15.4. The number of nitrogens with zero attached hydrogens (tertiary/aromatic N) is 2. The Morgan fingerprint density at radius 2 is 2.50 bits per heavy atom. The van der Waals surface area contributed by atoms with Crippen LogP contribution in [0.25, 0.3) is 10.8 Å². The summed E-state index contributed by atoms with van der Waals surface area (Å²) >= 11 is 1.69. The molecule has 5 heteroatoms. The Hall–Kier alpha value is -1.20. The van der Waals surface area contributed by atoms with E-state index >= 15 is 0 Å². The van der Waals surface area contributed by atoms with Crippen molar-refractivity contribution in [2.75, 3.05) is 6.54 Å². The second-order valence-corrected chi connectivity index (χ2v) is 4.26. The molecule has 0 atom stereocenters. The number of oxazole rings is 1. The van der Waals surface area contributed by atoms with E-state index in [1.165, 1.54) is 17.0 Å². The second kappa shape index (κ2) is 3.18. The summed E-state index contributed by atoms with van der Waals surface area (Å²) in [5.41, 5.74) is 1.21. The molecular weight excluding hydrogens is 198 g/mol. The maximum absolute atomic E-state index is 5.21. The lowest BCUT2D eigenvalue weighted by molar-refractivity contribution is 0.571. The number of hydrogen-bond donors (Lipinski definition) is 1. The minimum absolute atomic E-state index is 0.768. The predicted molar refractivity (Wildman–Crippen MR) is 53.0 cm³/mol. The lowest BCUT2D eigenvalue weighted by atomic mass is 10.2. The molecule has 1 N–H and O–H groups in total. The molecule has 0 amide bonds. The smallest absolute Gasteiger partial charge is 0.182 e. The highest BCUT2D eigenvalue weighted by Crippen LogP contribution is 2.29. The Labute approximate surface area is 85.0 Å². The zero-order chi connectivity index (χ0) is 9.38. The van der Waals surface area contributed by atoms with Gasteiger partial charge in [-0.15, -0.1) is 11.3 Å². The van der Waals surface area contributed by atoms with Gasteiger partial charge >= 0.3 is 0 Å². The van der Waals surface area contributed by atoms with Gasteiger partial charge < -0.3 is 9.73 Å². The quantitative estimate of drug-likeness (QED) is 0.768. The van der Waals surface area contributed by atoms with E-state index in [4.69, 9.17) is 4.42 Å². The SMILES string of the molecule is c1ncc(-c2nc3c(s2)CNCC3)o1. The molecule has 1 aliphatic heterocycles. The van der Waals surface area contributed by atoms with Crippen LogP contribution in [-0.4, -0.2) is 16.5 Å². The standard InChI is InChI=1S/C9H9N3OS/c1-2-10-4-8-6(1)12-9(14-8)7-3-11-5-13-7/h3,5,10H,1-2,4H2. The average Bonchev–Trinajstić information content (AvgIpc) is 2.86. The Morgan fingerprint density at radius 1 is 1.50 bits per heavy atom. The molecular formula is C9H9N3OS. The van der Waals surface area contributed by atoms with Crippen LogP contribution in [0, 0.1) is 0 Å². The number of thiazole rings is 1. The Kier molecular flexibility index (Phi) is 1.85. The fraction of sp³-hybridized carbons (Fsp3) is 0.333. The first kappa shape index (κ1) is 8.14. The van der Waals surface area contributed by atoms with Crippen LogP contribution in [0.1, 0.15) is 10.6 Å². The summed E-state index contributed by atoms with van der Waals surface area (Å²) in [5.74, 6) is 0.768. The molecule has 0 bridgehead atoms. The molecule has 2 aromatic heterocycles. The molecule has 72 valence electrons. The number of hydrogen-bond acceptors (Lipinski definition) is 5. The highest BCUT2D eigenvalue weighted by atomic mass is 32.1. The van der Waals surface area contributed by atoms with Crippen LogP contribution in [-0.2, 0) is 13.0 Å². The van der Waals surface area contributed by atoms with Gasteiger partial charge in [-0.3, -0.25) is 0 Å². The summed E-state index contributed by atoms with van der Waals surface area (Å²) in [4.78, 5) is 9.75. The number of nitrogens with one attached hydrogen (secondary N) is 1. The van der Waals surface area contributed by atoms with Crippen LogP contribution in [0.3, 0.4) is 0 Å². The van der Waals surface area contributed by atoms with Gasteiger partial charge in [-0.05, 0) is 0 Å². The van der Waals surface area contributed by atoms with Gasteiger partial charge in [0.15, 0.2) is 17.2 Å². The molecule has 0 unspecified atom stereocenters. The van der Waals surface area contributed by atoms with Crippen molar-refractivity contribution in [1.29, 1.82) is 0 Å². The Morgan fingerprint density at radius 3 is 3.29 bits per heavy atom. The third-order valence-corrected chi connectivity index (χ3v) is 3.36. The number of fused-ring (bicyclic) bond motifs is 1. The first-order valence-corrected chi connectivity index (χ1v) is 5.33. The molecule has 0 saturated carbocycles. The Bertz CT molecular complexity index is 411. The van der Waals surface area contributed by atoms with Gasteiger partial charge in [-0.2, -0.15) is 0 Å². The third-order valence-electron chi connectivity index (χ3n) is 2.25. The molecule has 0 aliphatic carbocycles. The van der Waals surface area contributed by atoms with E-state index in [9.17, 15) is 0 Å². The summed E-state index contributed by atoms with van der Waals surface area (Å²) in [6.45, 7) is 1.95. The molecule has 3 heterocycles. The van der Waals surface area contributed by atoms with Crippen molar-refractivity contribution in [1.82, 2.24) is 15.3 Å². The average molecular weight is 207 g/mol. The molecule has 0 spiro atoms. The summed E-state index contributed by atoms with van der Waals surface area (Å²) in [7, 11) is 0. The van der Waals surface area contributed by atoms with Crippen molar-refractivity contribution >= 4 is 11.3 Å². The van der Waals surface area contributed by atoms with Crippen molar-refractivity contribution in [3.63, 3.8) is 0 Å². The lowest BCUT2D eigenvalue weighted by Gasteiger charge is -2.09. The molecule has 3 rings (SSSR count). The molecule has 1 aliphatic rings. The lowest BCUT2D eigenvalue weighted by Crippen LogP contribution is -2.22. The first-order chi connectivity index (χ1) is 6.93. The van der Waals surface area contributed by atoms with Crippen LogP contribution in [0.15, 0.2) is 17.0 Å². The highest BCUT2D eigenvalue weighted by molar-refractivity contribution is 7.15. The fourth-order valence-electron chi connectivity index (χ4n) is 1.55. The maximum atomic E-state index is 5.21. The first-order valence-electron chi connectivity index (χ1n) is 4.51. The minimum Gasteiger partial charge on any atom is -0.441 e. The van der Waals surface area contributed by atoms with Gasteiger partial charge in [0.25, 0.3) is 0 Å². The topological polar surface area (TPSA) is 51.0 Å². The van der Waals surface area contributed by atoms with E-state index < -0.39 is 0 Å². The van der Waals surface area contributed by atoms with E-state index in [0.717, 1.165) is 30.3 Å². The van der Waals surface area contributed by atoms with Gasteiger partial charge in [-0.1, -0.05) is 0 Å². The summed E-state index contributed by atoms with van der Waals surface area (Å²) < 4.78 is 5.21. The van der Waals surface area contributed by atoms with Crippen LogP contribution in [0.2, 0.25) is 0 Å². The van der Waals surface area contributed by atoms with Crippen LogP contribution < -0.4 is 5.32 Å². The van der Waals surface area contributed by atoms with E-state index in [0.29, 0.717) is 0 Å². The van der Waals surface area contributed by atoms with Crippen molar-refractivity contribution in [3.05, 3.63) is 23.2 Å². The minimum atomic E-state index is 0.768. The zero-order valence-electron chi connectivity index (χ0n) is 7.49. The molecule has 0 radical (unpaired) electrons. The van der Waals surface area contributed by atoms with Gasteiger partial charge in [0.1, 0.15) is 0 Å². The summed E-state index contributed by atoms with van der Waals surface area (Å²) in [6.07, 6.45) is 4.16. The highest BCUT2D eigenvalue weighted by Gasteiger charge is 2.16. The largest absolute Gasteiger partial charge is 0.441 e. The summed E-state index contributed by atoms with van der Waals surface area (Å²) in [6, 6.07) is 0. The van der Waals surface area contributed by atoms with Gasteiger partial charge in [-0.25, -0.2) is 9.97 Å². The second-order valence-electron chi connectivity index (χ2n) is 3.18. The Balaban J connectivity index is 2.04. The molecule has 2 aromatic rings. The molecule has 4 nitrogen and oxygen atoms in total. The third kappa shape index (κ3) is 1.25.